The number of halogens is 3. The first-order valence-corrected chi connectivity index (χ1v) is 9.12. The highest BCUT2D eigenvalue weighted by Crippen LogP contribution is 2.31. The number of hydrogen-bond acceptors (Lipinski definition) is 1. The maximum Gasteiger partial charge on any atom is 0.134 e. The second-order valence-electron chi connectivity index (χ2n) is 6.62. The fraction of sp³-hybridized carbons (Fsp3) is 0.0400. The van der Waals surface area contributed by atoms with Gasteiger partial charge in [0.15, 0.2) is 0 Å². The Hall–Kier alpha value is -3.53. The van der Waals surface area contributed by atoms with Crippen LogP contribution in [0.4, 0.5) is 13.2 Å². The largest absolute Gasteiger partial charge is 0.489 e. The molecular formula is C25H17F3O. The third-order valence-electron chi connectivity index (χ3n) is 4.61. The van der Waals surface area contributed by atoms with Crippen molar-refractivity contribution in [2.75, 3.05) is 0 Å². The van der Waals surface area contributed by atoms with Crippen molar-refractivity contribution in [3.63, 3.8) is 0 Å². The van der Waals surface area contributed by atoms with Crippen LogP contribution in [0.1, 0.15) is 5.56 Å². The molecule has 144 valence electrons. The van der Waals surface area contributed by atoms with Crippen molar-refractivity contribution in [3.8, 4) is 28.0 Å². The Morgan fingerprint density at radius 2 is 1.28 bits per heavy atom. The summed E-state index contributed by atoms with van der Waals surface area (Å²) in [6, 6.07) is 24.2. The van der Waals surface area contributed by atoms with Gasteiger partial charge in [0.25, 0.3) is 0 Å². The molecule has 0 unspecified atom stereocenters. The van der Waals surface area contributed by atoms with Crippen molar-refractivity contribution < 1.29 is 17.9 Å². The van der Waals surface area contributed by atoms with Gasteiger partial charge in [0, 0.05) is 17.2 Å². The smallest absolute Gasteiger partial charge is 0.134 e. The second kappa shape index (κ2) is 8.23. The molecule has 0 N–H and O–H groups in total. The first-order valence-electron chi connectivity index (χ1n) is 9.12. The fourth-order valence-corrected chi connectivity index (χ4v) is 3.13. The Morgan fingerprint density at radius 1 is 0.586 bits per heavy atom. The molecule has 0 saturated carbocycles. The molecule has 4 aromatic carbocycles. The highest BCUT2D eigenvalue weighted by molar-refractivity contribution is 5.71. The third-order valence-corrected chi connectivity index (χ3v) is 4.61. The van der Waals surface area contributed by atoms with E-state index in [-0.39, 0.29) is 11.1 Å². The standard InChI is InChI=1S/C25H17F3O/c26-20-8-4-7-18(13-20)19-9-11-22(24(27)14-19)23-12-10-21(15-25(23)28)29-16-17-5-2-1-3-6-17/h1-15H,16H2. The van der Waals surface area contributed by atoms with Crippen molar-refractivity contribution >= 4 is 0 Å². The molecule has 0 aliphatic heterocycles. The molecule has 0 aliphatic rings. The monoisotopic (exact) mass is 390 g/mol. The van der Waals surface area contributed by atoms with Gasteiger partial charge in [-0.2, -0.15) is 0 Å². The summed E-state index contributed by atoms with van der Waals surface area (Å²) < 4.78 is 48.3. The molecule has 0 spiro atoms. The van der Waals surface area contributed by atoms with E-state index in [4.69, 9.17) is 4.74 Å². The Bertz CT molecular complexity index is 1140. The minimum Gasteiger partial charge on any atom is -0.489 e. The molecule has 0 bridgehead atoms. The van der Waals surface area contributed by atoms with Crippen LogP contribution < -0.4 is 4.74 Å². The topological polar surface area (TPSA) is 9.23 Å². The van der Waals surface area contributed by atoms with Gasteiger partial charge in [-0.05, 0) is 47.0 Å². The van der Waals surface area contributed by atoms with Crippen molar-refractivity contribution in [1.82, 2.24) is 0 Å². The van der Waals surface area contributed by atoms with Gasteiger partial charge in [-0.3, -0.25) is 0 Å². The van der Waals surface area contributed by atoms with Crippen LogP contribution in [0.15, 0.2) is 91.0 Å². The van der Waals surface area contributed by atoms with Gasteiger partial charge in [-0.25, -0.2) is 13.2 Å². The van der Waals surface area contributed by atoms with E-state index in [1.165, 1.54) is 36.4 Å². The maximum atomic E-state index is 14.7. The molecule has 29 heavy (non-hydrogen) atoms. The zero-order valence-electron chi connectivity index (χ0n) is 15.4. The van der Waals surface area contributed by atoms with Crippen LogP contribution in [0.5, 0.6) is 5.75 Å². The van der Waals surface area contributed by atoms with Gasteiger partial charge >= 0.3 is 0 Å². The number of benzene rings is 4. The Kier molecular flexibility index (Phi) is 5.34. The number of hydrogen-bond donors (Lipinski definition) is 0. The van der Waals surface area contributed by atoms with Crippen LogP contribution >= 0.6 is 0 Å². The van der Waals surface area contributed by atoms with Gasteiger partial charge in [-0.15, -0.1) is 0 Å². The third kappa shape index (κ3) is 4.32. The molecule has 0 heterocycles. The average molecular weight is 390 g/mol. The molecule has 1 nitrogen and oxygen atoms in total. The lowest BCUT2D eigenvalue weighted by atomic mass is 9.99. The van der Waals surface area contributed by atoms with Gasteiger partial charge in [0.1, 0.15) is 29.8 Å². The van der Waals surface area contributed by atoms with Crippen molar-refractivity contribution in [2.24, 2.45) is 0 Å². The van der Waals surface area contributed by atoms with Crippen LogP contribution in [-0.2, 0) is 6.61 Å². The van der Waals surface area contributed by atoms with E-state index < -0.39 is 17.5 Å². The minimum absolute atomic E-state index is 0.136. The zero-order valence-corrected chi connectivity index (χ0v) is 15.4. The minimum atomic E-state index is -0.580. The lowest BCUT2D eigenvalue weighted by molar-refractivity contribution is 0.304. The van der Waals surface area contributed by atoms with Crippen LogP contribution in [0.2, 0.25) is 0 Å². The van der Waals surface area contributed by atoms with Crippen LogP contribution in [0.3, 0.4) is 0 Å². The molecule has 0 aromatic heterocycles. The molecule has 0 amide bonds. The maximum absolute atomic E-state index is 14.7. The van der Waals surface area contributed by atoms with E-state index in [9.17, 15) is 13.2 Å². The van der Waals surface area contributed by atoms with E-state index >= 15 is 0 Å². The Morgan fingerprint density at radius 3 is 1.97 bits per heavy atom. The molecule has 4 heteroatoms. The quantitative estimate of drug-likeness (QED) is 0.356. The summed E-state index contributed by atoms with van der Waals surface area (Å²) in [7, 11) is 0. The second-order valence-corrected chi connectivity index (χ2v) is 6.62. The molecule has 0 fully saturated rings. The van der Waals surface area contributed by atoms with E-state index in [0.717, 1.165) is 5.56 Å². The Balaban J connectivity index is 1.56. The number of ether oxygens (including phenoxy) is 1. The zero-order chi connectivity index (χ0) is 20.2. The number of rotatable bonds is 5. The highest BCUT2D eigenvalue weighted by Gasteiger charge is 2.13. The molecule has 4 aromatic rings. The van der Waals surface area contributed by atoms with Crippen LogP contribution in [-0.4, -0.2) is 0 Å². The predicted molar refractivity (Wildman–Crippen MR) is 108 cm³/mol. The van der Waals surface area contributed by atoms with Gasteiger partial charge < -0.3 is 4.74 Å². The van der Waals surface area contributed by atoms with Gasteiger partial charge in [-0.1, -0.05) is 54.6 Å². The molecule has 0 aliphatic carbocycles. The average Bonchev–Trinajstić information content (AvgIpc) is 2.73. The van der Waals surface area contributed by atoms with Crippen molar-refractivity contribution in [3.05, 3.63) is 114 Å². The summed E-state index contributed by atoms with van der Waals surface area (Å²) in [5, 5.41) is 0. The lowest BCUT2D eigenvalue weighted by Gasteiger charge is -2.11. The summed E-state index contributed by atoms with van der Waals surface area (Å²) in [5.74, 6) is -1.19. The fourth-order valence-electron chi connectivity index (χ4n) is 3.13. The first-order chi connectivity index (χ1) is 14.1. The van der Waals surface area contributed by atoms with E-state index in [0.29, 0.717) is 23.5 Å². The van der Waals surface area contributed by atoms with Crippen LogP contribution in [0, 0.1) is 17.5 Å². The van der Waals surface area contributed by atoms with Crippen LogP contribution in [0.25, 0.3) is 22.3 Å². The van der Waals surface area contributed by atoms with E-state index in [1.54, 1.807) is 24.3 Å². The summed E-state index contributed by atoms with van der Waals surface area (Å²) >= 11 is 0. The molecule has 0 radical (unpaired) electrons. The molecule has 0 saturated heterocycles. The summed E-state index contributed by atoms with van der Waals surface area (Å²) in [6.07, 6.45) is 0. The normalized spacial score (nSPS) is 10.7. The SMILES string of the molecule is Fc1cccc(-c2ccc(-c3ccc(OCc4ccccc4)cc3F)c(F)c2)c1. The summed E-state index contributed by atoms with van der Waals surface area (Å²) in [6.45, 7) is 0.316. The summed E-state index contributed by atoms with van der Waals surface area (Å²) in [4.78, 5) is 0. The lowest BCUT2D eigenvalue weighted by Crippen LogP contribution is -1.96. The van der Waals surface area contributed by atoms with E-state index in [2.05, 4.69) is 0 Å². The predicted octanol–water partition coefficient (Wildman–Crippen LogP) is 7.02. The molecular weight excluding hydrogens is 373 g/mol. The van der Waals surface area contributed by atoms with Crippen molar-refractivity contribution in [1.29, 1.82) is 0 Å². The van der Waals surface area contributed by atoms with Gasteiger partial charge in [0.2, 0.25) is 0 Å². The highest BCUT2D eigenvalue weighted by atomic mass is 19.1. The summed E-state index contributed by atoms with van der Waals surface area (Å²) in [5.41, 5.74) is 2.32. The van der Waals surface area contributed by atoms with Gasteiger partial charge in [0.05, 0.1) is 0 Å². The first kappa shape index (κ1) is 18.8. The van der Waals surface area contributed by atoms with Crippen molar-refractivity contribution in [2.45, 2.75) is 6.61 Å². The van der Waals surface area contributed by atoms with E-state index in [1.807, 2.05) is 30.3 Å². The Labute approximate surface area is 167 Å². The molecule has 4 rings (SSSR count). The molecule has 0 atom stereocenters.